The summed E-state index contributed by atoms with van der Waals surface area (Å²) in [5.41, 5.74) is 5.95. The Hall–Kier alpha value is -2.76. The van der Waals surface area contributed by atoms with Crippen molar-refractivity contribution in [3.8, 4) is 11.8 Å². The van der Waals surface area contributed by atoms with Crippen LogP contribution in [0.1, 0.15) is 19.4 Å². The van der Waals surface area contributed by atoms with Crippen LogP contribution in [-0.2, 0) is 6.18 Å². The predicted molar refractivity (Wildman–Crippen MR) is 75.8 cm³/mol. The molecular weight excluding hydrogens is 299 g/mol. The number of halogens is 3. The normalized spacial score (nSPS) is 12.0. The van der Waals surface area contributed by atoms with E-state index in [1.54, 1.807) is 19.9 Å². The number of anilines is 1. The van der Waals surface area contributed by atoms with Gasteiger partial charge in [-0.15, -0.1) is 0 Å². The molecule has 6 nitrogen and oxygen atoms in total. The average molecular weight is 313 g/mol. The highest BCUT2D eigenvalue weighted by atomic mass is 19.4. The van der Waals surface area contributed by atoms with E-state index < -0.39 is 23.3 Å². The standard InChI is InChI=1S/C13H14F3N5O/c1-7(2)22-11-4-3-8(13(14,15)16)5-9(11)20-21-10(6-17)12(18)19/h3-5,7,20H,1-2H3,(H3,18,19)/b21-10+. The number of nitrogens with two attached hydrogens (primary N) is 1. The van der Waals surface area contributed by atoms with Gasteiger partial charge in [0, 0.05) is 0 Å². The molecule has 0 aliphatic heterocycles. The Morgan fingerprint density at radius 2 is 2.09 bits per heavy atom. The molecule has 9 heteroatoms. The first-order valence-corrected chi connectivity index (χ1v) is 6.11. The van der Waals surface area contributed by atoms with Gasteiger partial charge in [-0.3, -0.25) is 10.8 Å². The van der Waals surface area contributed by atoms with Crippen LogP contribution in [0.4, 0.5) is 18.9 Å². The van der Waals surface area contributed by atoms with Crippen LogP contribution >= 0.6 is 0 Å². The molecule has 0 heterocycles. The first kappa shape index (κ1) is 17.3. The summed E-state index contributed by atoms with van der Waals surface area (Å²) in [4.78, 5) is 0. The lowest BCUT2D eigenvalue weighted by Gasteiger charge is -2.16. The molecule has 118 valence electrons. The second kappa shape index (κ2) is 6.80. The molecule has 0 spiro atoms. The molecule has 1 aromatic rings. The Balaban J connectivity index is 3.23. The van der Waals surface area contributed by atoms with Crippen LogP contribution in [0.25, 0.3) is 0 Å². The number of hydrazone groups is 1. The molecule has 0 saturated carbocycles. The van der Waals surface area contributed by atoms with Crippen molar-refractivity contribution >= 4 is 17.2 Å². The molecule has 22 heavy (non-hydrogen) atoms. The number of alkyl halides is 3. The summed E-state index contributed by atoms with van der Waals surface area (Å²) in [5.74, 6) is -0.471. The van der Waals surface area contributed by atoms with E-state index in [9.17, 15) is 13.2 Å². The van der Waals surface area contributed by atoms with Crippen LogP contribution in [0.2, 0.25) is 0 Å². The van der Waals surface area contributed by atoms with Gasteiger partial charge in [0.25, 0.3) is 0 Å². The Kier molecular flexibility index (Phi) is 5.34. The van der Waals surface area contributed by atoms with E-state index in [0.717, 1.165) is 18.2 Å². The molecule has 0 aliphatic carbocycles. The molecule has 0 amide bonds. The minimum Gasteiger partial charge on any atom is -0.489 e. The number of rotatable bonds is 5. The number of ether oxygens (including phenoxy) is 1. The number of hydrogen-bond acceptors (Lipinski definition) is 5. The molecule has 4 N–H and O–H groups in total. The summed E-state index contributed by atoms with van der Waals surface area (Å²) >= 11 is 0. The topological polar surface area (TPSA) is 107 Å². The molecular formula is C13H14F3N5O. The van der Waals surface area contributed by atoms with E-state index in [4.69, 9.17) is 21.1 Å². The summed E-state index contributed by atoms with van der Waals surface area (Å²) in [6, 6.07) is 4.38. The van der Waals surface area contributed by atoms with Gasteiger partial charge in [0.05, 0.1) is 17.4 Å². The lowest BCUT2D eigenvalue weighted by Crippen LogP contribution is -2.22. The highest BCUT2D eigenvalue weighted by Gasteiger charge is 2.31. The molecule has 0 aromatic heterocycles. The number of hydrogen-bond donors (Lipinski definition) is 3. The second-order valence-corrected chi connectivity index (χ2v) is 4.47. The van der Waals surface area contributed by atoms with Crippen LogP contribution in [0, 0.1) is 16.7 Å². The zero-order valence-electron chi connectivity index (χ0n) is 11.8. The predicted octanol–water partition coefficient (Wildman–Crippen LogP) is 2.72. The third-order valence-electron chi connectivity index (χ3n) is 2.32. The maximum Gasteiger partial charge on any atom is 0.416 e. The van der Waals surface area contributed by atoms with Gasteiger partial charge in [0.2, 0.25) is 5.71 Å². The van der Waals surface area contributed by atoms with Gasteiger partial charge in [-0.05, 0) is 32.0 Å². The van der Waals surface area contributed by atoms with E-state index in [1.165, 1.54) is 0 Å². The van der Waals surface area contributed by atoms with Crippen LogP contribution < -0.4 is 15.9 Å². The third-order valence-corrected chi connectivity index (χ3v) is 2.32. The fourth-order valence-corrected chi connectivity index (χ4v) is 1.41. The maximum atomic E-state index is 12.7. The molecule has 0 fully saturated rings. The minimum atomic E-state index is -4.53. The monoisotopic (exact) mass is 313 g/mol. The van der Waals surface area contributed by atoms with Gasteiger partial charge >= 0.3 is 6.18 Å². The van der Waals surface area contributed by atoms with Crippen LogP contribution in [0.3, 0.4) is 0 Å². The number of nitrogens with one attached hydrogen (secondary N) is 2. The quantitative estimate of drug-likeness (QED) is 0.441. The largest absolute Gasteiger partial charge is 0.489 e. The molecule has 0 bridgehead atoms. The van der Waals surface area contributed by atoms with Gasteiger partial charge in [-0.1, -0.05) is 0 Å². The van der Waals surface area contributed by atoms with Crippen LogP contribution in [0.5, 0.6) is 5.75 Å². The Bertz CT molecular complexity index is 632. The lowest BCUT2D eigenvalue weighted by atomic mass is 10.2. The van der Waals surface area contributed by atoms with Crippen molar-refractivity contribution in [2.75, 3.05) is 5.43 Å². The first-order chi connectivity index (χ1) is 10.1. The molecule has 0 unspecified atom stereocenters. The van der Waals surface area contributed by atoms with Gasteiger partial charge in [0.1, 0.15) is 11.8 Å². The summed E-state index contributed by atoms with van der Waals surface area (Å²) in [6.07, 6.45) is -4.81. The Morgan fingerprint density at radius 3 is 2.55 bits per heavy atom. The summed E-state index contributed by atoms with van der Waals surface area (Å²) in [5, 5.41) is 19.3. The highest BCUT2D eigenvalue weighted by Crippen LogP contribution is 2.35. The van der Waals surface area contributed by atoms with Gasteiger partial charge in [0.15, 0.2) is 5.84 Å². The third kappa shape index (κ3) is 4.66. The van der Waals surface area contributed by atoms with Gasteiger partial charge in [-0.2, -0.15) is 23.5 Å². The molecule has 0 saturated heterocycles. The first-order valence-electron chi connectivity index (χ1n) is 6.11. The number of benzene rings is 1. The Morgan fingerprint density at radius 1 is 1.45 bits per heavy atom. The van der Waals surface area contributed by atoms with E-state index in [-0.39, 0.29) is 17.5 Å². The number of nitrogens with zero attached hydrogens (tertiary/aromatic N) is 2. The smallest absolute Gasteiger partial charge is 0.416 e. The zero-order valence-corrected chi connectivity index (χ0v) is 11.8. The zero-order chi connectivity index (χ0) is 16.9. The van der Waals surface area contributed by atoms with E-state index in [0.29, 0.717) is 0 Å². The van der Waals surface area contributed by atoms with Crippen molar-refractivity contribution in [3.05, 3.63) is 23.8 Å². The SMILES string of the molecule is CC(C)Oc1ccc(C(F)(F)F)cc1N/N=C(\C#N)C(=N)N. The van der Waals surface area contributed by atoms with Gasteiger partial charge < -0.3 is 10.5 Å². The molecule has 0 aliphatic rings. The summed E-state index contributed by atoms with van der Waals surface area (Å²) in [7, 11) is 0. The molecule has 1 rings (SSSR count). The molecule has 0 radical (unpaired) electrons. The van der Waals surface area contributed by atoms with Gasteiger partial charge in [-0.25, -0.2) is 0 Å². The van der Waals surface area contributed by atoms with Crippen molar-refractivity contribution in [2.24, 2.45) is 10.8 Å². The maximum absolute atomic E-state index is 12.7. The van der Waals surface area contributed by atoms with Crippen molar-refractivity contribution in [1.29, 1.82) is 10.7 Å². The summed E-state index contributed by atoms with van der Waals surface area (Å²) < 4.78 is 43.6. The van der Waals surface area contributed by atoms with Crippen molar-refractivity contribution < 1.29 is 17.9 Å². The number of amidine groups is 1. The summed E-state index contributed by atoms with van der Waals surface area (Å²) in [6.45, 7) is 3.42. The van der Waals surface area contributed by atoms with Crippen LogP contribution in [-0.4, -0.2) is 17.7 Å². The lowest BCUT2D eigenvalue weighted by molar-refractivity contribution is -0.137. The Labute approximate surface area is 124 Å². The fraction of sp³-hybridized carbons (Fsp3) is 0.308. The average Bonchev–Trinajstić information content (AvgIpc) is 2.38. The highest BCUT2D eigenvalue weighted by molar-refractivity contribution is 6.45. The molecule has 1 aromatic carbocycles. The van der Waals surface area contributed by atoms with E-state index >= 15 is 0 Å². The number of nitriles is 1. The van der Waals surface area contributed by atoms with Crippen molar-refractivity contribution in [2.45, 2.75) is 26.1 Å². The van der Waals surface area contributed by atoms with Crippen molar-refractivity contribution in [1.82, 2.24) is 0 Å². The fourth-order valence-electron chi connectivity index (χ4n) is 1.41. The van der Waals surface area contributed by atoms with E-state index in [1.807, 2.05) is 0 Å². The second-order valence-electron chi connectivity index (χ2n) is 4.47. The molecule has 0 atom stereocenters. The van der Waals surface area contributed by atoms with Crippen LogP contribution in [0.15, 0.2) is 23.3 Å². The van der Waals surface area contributed by atoms with E-state index in [2.05, 4.69) is 10.5 Å². The minimum absolute atomic E-state index is 0.0856. The van der Waals surface area contributed by atoms with Crippen molar-refractivity contribution in [3.63, 3.8) is 0 Å².